The zero-order chi connectivity index (χ0) is 14.2. The maximum absolute atomic E-state index is 9.86. The molecule has 2 aromatic carbocycles. The summed E-state index contributed by atoms with van der Waals surface area (Å²) in [6, 6.07) is 17.2. The number of hydrogen-bond donors (Lipinski definition) is 2. The number of benzene rings is 2. The van der Waals surface area contributed by atoms with Crippen LogP contribution in [-0.2, 0) is 6.54 Å². The molecule has 3 nitrogen and oxygen atoms in total. The largest absolute Gasteiger partial charge is 0.491 e. The SMILES string of the molecule is O[C@H](C[NH2+]Cc1ccc(Cl)cc1)COc1ccccc1. The molecule has 0 heterocycles. The van der Waals surface area contributed by atoms with Crippen molar-refractivity contribution in [3.8, 4) is 5.75 Å². The topological polar surface area (TPSA) is 46.1 Å². The summed E-state index contributed by atoms with van der Waals surface area (Å²) >= 11 is 5.83. The molecule has 0 aliphatic carbocycles. The number of para-hydroxylation sites is 1. The fourth-order valence-corrected chi connectivity index (χ4v) is 1.97. The Bertz CT molecular complexity index is 502. The molecule has 0 bridgehead atoms. The number of quaternary nitrogens is 1. The van der Waals surface area contributed by atoms with E-state index in [9.17, 15) is 5.11 Å². The molecule has 0 aliphatic heterocycles. The fourth-order valence-electron chi connectivity index (χ4n) is 1.84. The molecule has 4 heteroatoms. The first-order chi connectivity index (χ1) is 9.74. The Morgan fingerprint density at radius 3 is 2.45 bits per heavy atom. The summed E-state index contributed by atoms with van der Waals surface area (Å²) < 4.78 is 5.50. The van der Waals surface area contributed by atoms with E-state index in [4.69, 9.17) is 16.3 Å². The van der Waals surface area contributed by atoms with Gasteiger partial charge in [-0.2, -0.15) is 0 Å². The Kier molecular flexibility index (Phi) is 5.87. The van der Waals surface area contributed by atoms with E-state index in [1.807, 2.05) is 54.6 Å². The number of halogens is 1. The van der Waals surface area contributed by atoms with E-state index >= 15 is 0 Å². The van der Waals surface area contributed by atoms with Gasteiger partial charge >= 0.3 is 0 Å². The highest BCUT2D eigenvalue weighted by Crippen LogP contribution is 2.09. The third kappa shape index (κ3) is 5.21. The third-order valence-corrected chi connectivity index (χ3v) is 3.17. The quantitative estimate of drug-likeness (QED) is 0.818. The van der Waals surface area contributed by atoms with Gasteiger partial charge in [-0.05, 0) is 24.3 Å². The van der Waals surface area contributed by atoms with E-state index in [-0.39, 0.29) is 0 Å². The number of aliphatic hydroxyl groups excluding tert-OH is 1. The Hall–Kier alpha value is -1.55. The van der Waals surface area contributed by atoms with E-state index < -0.39 is 6.10 Å². The molecule has 1 atom stereocenters. The molecule has 20 heavy (non-hydrogen) atoms. The van der Waals surface area contributed by atoms with Crippen LogP contribution in [0.2, 0.25) is 5.02 Å². The molecule has 0 saturated carbocycles. The van der Waals surface area contributed by atoms with Gasteiger partial charge in [0.05, 0.1) is 0 Å². The van der Waals surface area contributed by atoms with Gasteiger partial charge < -0.3 is 15.2 Å². The molecule has 0 radical (unpaired) electrons. The van der Waals surface area contributed by atoms with Crippen molar-refractivity contribution in [2.45, 2.75) is 12.6 Å². The van der Waals surface area contributed by atoms with Gasteiger partial charge in [0.25, 0.3) is 0 Å². The van der Waals surface area contributed by atoms with Gasteiger partial charge in [0.1, 0.15) is 31.5 Å². The predicted molar refractivity (Wildman–Crippen MR) is 79.9 cm³/mol. The summed E-state index contributed by atoms with van der Waals surface area (Å²) in [4.78, 5) is 0. The van der Waals surface area contributed by atoms with Gasteiger partial charge in [-0.3, -0.25) is 0 Å². The van der Waals surface area contributed by atoms with Gasteiger partial charge in [0.2, 0.25) is 0 Å². The molecule has 0 spiro atoms. The maximum atomic E-state index is 9.86. The van der Waals surface area contributed by atoms with Crippen molar-refractivity contribution in [3.63, 3.8) is 0 Å². The van der Waals surface area contributed by atoms with Crippen LogP contribution in [0, 0.1) is 0 Å². The number of ether oxygens (including phenoxy) is 1. The number of hydrogen-bond acceptors (Lipinski definition) is 2. The van der Waals surface area contributed by atoms with E-state index in [1.54, 1.807) is 0 Å². The first-order valence-corrected chi connectivity index (χ1v) is 7.04. The average Bonchev–Trinajstić information content (AvgIpc) is 2.48. The van der Waals surface area contributed by atoms with Crippen molar-refractivity contribution < 1.29 is 15.2 Å². The predicted octanol–water partition coefficient (Wildman–Crippen LogP) is 1.84. The van der Waals surface area contributed by atoms with Crippen LogP contribution in [0.25, 0.3) is 0 Å². The van der Waals surface area contributed by atoms with Crippen LogP contribution < -0.4 is 10.1 Å². The van der Waals surface area contributed by atoms with E-state index in [1.165, 1.54) is 5.56 Å². The average molecular weight is 293 g/mol. The van der Waals surface area contributed by atoms with Gasteiger partial charge in [-0.15, -0.1) is 0 Å². The second-order valence-electron chi connectivity index (χ2n) is 4.63. The second kappa shape index (κ2) is 7.90. The zero-order valence-corrected chi connectivity index (χ0v) is 12.0. The molecule has 0 saturated heterocycles. The lowest BCUT2D eigenvalue weighted by atomic mass is 10.2. The highest BCUT2D eigenvalue weighted by atomic mass is 35.5. The van der Waals surface area contributed by atoms with Crippen molar-refractivity contribution >= 4 is 11.6 Å². The fraction of sp³-hybridized carbons (Fsp3) is 0.250. The summed E-state index contributed by atoms with van der Waals surface area (Å²) in [6.07, 6.45) is -0.484. The highest BCUT2D eigenvalue weighted by Gasteiger charge is 2.07. The number of nitrogens with two attached hydrogens (primary N) is 1. The minimum atomic E-state index is -0.484. The third-order valence-electron chi connectivity index (χ3n) is 2.92. The Morgan fingerprint density at radius 1 is 1.05 bits per heavy atom. The zero-order valence-electron chi connectivity index (χ0n) is 11.2. The van der Waals surface area contributed by atoms with Crippen molar-refractivity contribution in [1.29, 1.82) is 0 Å². The second-order valence-corrected chi connectivity index (χ2v) is 5.07. The molecule has 2 aromatic rings. The van der Waals surface area contributed by atoms with Crippen LogP contribution in [0.4, 0.5) is 0 Å². The summed E-state index contributed by atoms with van der Waals surface area (Å²) in [6.45, 7) is 1.73. The first-order valence-electron chi connectivity index (χ1n) is 6.66. The summed E-state index contributed by atoms with van der Waals surface area (Å²) in [5.41, 5.74) is 1.19. The van der Waals surface area contributed by atoms with Crippen molar-refractivity contribution in [1.82, 2.24) is 0 Å². The highest BCUT2D eigenvalue weighted by molar-refractivity contribution is 6.30. The number of rotatable bonds is 7. The minimum Gasteiger partial charge on any atom is -0.491 e. The van der Waals surface area contributed by atoms with E-state index in [2.05, 4.69) is 5.32 Å². The molecular formula is C16H19ClNO2+. The number of aliphatic hydroxyl groups is 1. The molecule has 106 valence electrons. The molecular weight excluding hydrogens is 274 g/mol. The van der Waals surface area contributed by atoms with Crippen molar-refractivity contribution in [2.75, 3.05) is 13.2 Å². The molecule has 0 unspecified atom stereocenters. The summed E-state index contributed by atoms with van der Waals surface area (Å²) in [5.74, 6) is 0.782. The van der Waals surface area contributed by atoms with Crippen molar-refractivity contribution in [3.05, 3.63) is 65.2 Å². The van der Waals surface area contributed by atoms with Gasteiger partial charge in [0, 0.05) is 10.6 Å². The standard InChI is InChI=1S/C16H18ClNO2/c17-14-8-6-13(7-9-14)10-18-11-15(19)12-20-16-4-2-1-3-5-16/h1-9,15,18-19H,10-12H2/p+1/t15-/m1/s1. The van der Waals surface area contributed by atoms with Crippen LogP contribution >= 0.6 is 11.6 Å². The summed E-state index contributed by atoms with van der Waals surface area (Å²) in [7, 11) is 0. The minimum absolute atomic E-state index is 0.307. The van der Waals surface area contributed by atoms with Gasteiger partial charge in [-0.25, -0.2) is 0 Å². The lowest BCUT2D eigenvalue weighted by Gasteiger charge is -2.11. The van der Waals surface area contributed by atoms with Gasteiger partial charge in [0.15, 0.2) is 0 Å². The van der Waals surface area contributed by atoms with Crippen LogP contribution in [-0.4, -0.2) is 24.4 Å². The first kappa shape index (κ1) is 14.9. The normalized spacial score (nSPS) is 12.1. The Morgan fingerprint density at radius 2 is 1.75 bits per heavy atom. The van der Waals surface area contributed by atoms with Crippen LogP contribution in [0.5, 0.6) is 5.75 Å². The maximum Gasteiger partial charge on any atom is 0.137 e. The Balaban J connectivity index is 1.65. The smallest absolute Gasteiger partial charge is 0.137 e. The molecule has 0 amide bonds. The lowest BCUT2D eigenvalue weighted by Crippen LogP contribution is -2.85. The summed E-state index contributed by atoms with van der Waals surface area (Å²) in [5, 5.41) is 12.7. The molecule has 2 rings (SSSR count). The molecule has 3 N–H and O–H groups in total. The monoisotopic (exact) mass is 292 g/mol. The lowest BCUT2D eigenvalue weighted by molar-refractivity contribution is -0.676. The van der Waals surface area contributed by atoms with Crippen molar-refractivity contribution in [2.24, 2.45) is 0 Å². The Labute approximate surface area is 124 Å². The van der Waals surface area contributed by atoms with E-state index in [0.29, 0.717) is 13.2 Å². The van der Waals surface area contributed by atoms with Crippen LogP contribution in [0.3, 0.4) is 0 Å². The van der Waals surface area contributed by atoms with Crippen LogP contribution in [0.15, 0.2) is 54.6 Å². The molecule has 0 aromatic heterocycles. The van der Waals surface area contributed by atoms with Gasteiger partial charge in [-0.1, -0.05) is 41.9 Å². The van der Waals surface area contributed by atoms with E-state index in [0.717, 1.165) is 17.3 Å². The molecule has 0 fully saturated rings. The molecule has 0 aliphatic rings. The van der Waals surface area contributed by atoms with Crippen LogP contribution in [0.1, 0.15) is 5.56 Å².